The third-order valence-corrected chi connectivity index (χ3v) is 3.14. The van der Waals surface area contributed by atoms with Crippen LogP contribution in [0.3, 0.4) is 0 Å². The van der Waals surface area contributed by atoms with Crippen LogP contribution >= 0.6 is 0 Å². The number of hydrogen-bond donors (Lipinski definition) is 1. The first-order chi connectivity index (χ1) is 10.1. The van der Waals surface area contributed by atoms with Crippen molar-refractivity contribution in [3.63, 3.8) is 0 Å². The van der Waals surface area contributed by atoms with Crippen molar-refractivity contribution >= 4 is 5.69 Å². The van der Waals surface area contributed by atoms with E-state index in [1.165, 1.54) is 5.56 Å². The van der Waals surface area contributed by atoms with E-state index in [1.54, 1.807) is 0 Å². The zero-order valence-electron chi connectivity index (χ0n) is 12.9. The number of anilines is 1. The van der Waals surface area contributed by atoms with Gasteiger partial charge in [-0.05, 0) is 24.0 Å². The Morgan fingerprint density at radius 1 is 1.05 bits per heavy atom. The lowest BCUT2D eigenvalue weighted by atomic mass is 10.0. The fourth-order valence-electron chi connectivity index (χ4n) is 2.13. The molecule has 0 atom stereocenters. The predicted octanol–water partition coefficient (Wildman–Crippen LogP) is 4.97. The van der Waals surface area contributed by atoms with Gasteiger partial charge in [0, 0.05) is 23.9 Å². The van der Waals surface area contributed by atoms with Crippen molar-refractivity contribution in [3.05, 3.63) is 48.0 Å². The fraction of sp³-hybridized carbons (Fsp3) is 0.333. The monoisotopic (exact) mass is 285 g/mol. The van der Waals surface area contributed by atoms with Gasteiger partial charge in [-0.2, -0.15) is 0 Å². The Balaban J connectivity index is 2.25. The summed E-state index contributed by atoms with van der Waals surface area (Å²) >= 11 is 0. The van der Waals surface area contributed by atoms with Crippen molar-refractivity contribution in [2.45, 2.75) is 33.1 Å². The molecule has 2 N–H and O–H groups in total. The summed E-state index contributed by atoms with van der Waals surface area (Å²) in [6.45, 7) is 7.04. The number of nitrogens with two attached hydrogens (primary N) is 1. The number of benzene rings is 2. The Hall–Kier alpha value is -2.16. The molecule has 0 heterocycles. The SMILES string of the molecule is CCCOc1cc(N)cc(Oc2ccccc2C(C)C)c1. The second kappa shape index (κ2) is 7.02. The fourth-order valence-corrected chi connectivity index (χ4v) is 2.13. The first-order valence-electron chi connectivity index (χ1n) is 7.40. The molecule has 0 bridgehead atoms. The smallest absolute Gasteiger partial charge is 0.133 e. The van der Waals surface area contributed by atoms with Crippen molar-refractivity contribution in [1.82, 2.24) is 0 Å². The Kier molecular flexibility index (Phi) is 5.09. The van der Waals surface area contributed by atoms with E-state index in [0.29, 0.717) is 24.0 Å². The van der Waals surface area contributed by atoms with Crippen molar-refractivity contribution in [2.24, 2.45) is 0 Å². The number of hydrogen-bond acceptors (Lipinski definition) is 3. The molecule has 2 rings (SSSR count). The van der Waals surface area contributed by atoms with Gasteiger partial charge >= 0.3 is 0 Å². The molecule has 0 saturated carbocycles. The summed E-state index contributed by atoms with van der Waals surface area (Å²) in [5, 5.41) is 0. The predicted molar refractivity (Wildman–Crippen MR) is 87.2 cm³/mol. The van der Waals surface area contributed by atoms with Gasteiger partial charge in [0.2, 0.25) is 0 Å². The number of nitrogen functional groups attached to an aromatic ring is 1. The van der Waals surface area contributed by atoms with Gasteiger partial charge < -0.3 is 15.2 Å². The maximum Gasteiger partial charge on any atom is 0.133 e. The van der Waals surface area contributed by atoms with E-state index in [4.69, 9.17) is 15.2 Å². The first-order valence-corrected chi connectivity index (χ1v) is 7.40. The molecule has 0 spiro atoms. The molecule has 0 unspecified atom stereocenters. The third kappa shape index (κ3) is 4.15. The largest absolute Gasteiger partial charge is 0.493 e. The second-order valence-electron chi connectivity index (χ2n) is 5.38. The molecule has 0 amide bonds. The van der Waals surface area contributed by atoms with Gasteiger partial charge in [-0.3, -0.25) is 0 Å². The Bertz CT molecular complexity index is 594. The summed E-state index contributed by atoms with van der Waals surface area (Å²) in [5.41, 5.74) is 7.74. The van der Waals surface area contributed by atoms with Gasteiger partial charge in [0.25, 0.3) is 0 Å². The zero-order chi connectivity index (χ0) is 15.2. The molecule has 21 heavy (non-hydrogen) atoms. The Morgan fingerprint density at radius 2 is 1.76 bits per heavy atom. The number of ether oxygens (including phenoxy) is 2. The maximum absolute atomic E-state index is 6.01. The van der Waals surface area contributed by atoms with Crippen LogP contribution in [0.1, 0.15) is 38.7 Å². The molecule has 0 aliphatic rings. The van der Waals surface area contributed by atoms with Gasteiger partial charge in [-0.25, -0.2) is 0 Å². The molecule has 3 heteroatoms. The van der Waals surface area contributed by atoms with Gasteiger partial charge in [0.1, 0.15) is 17.2 Å². The highest BCUT2D eigenvalue weighted by Crippen LogP contribution is 2.33. The average molecular weight is 285 g/mol. The topological polar surface area (TPSA) is 44.5 Å². The highest BCUT2D eigenvalue weighted by Gasteiger charge is 2.09. The molecule has 2 aromatic rings. The van der Waals surface area contributed by atoms with Crippen LogP contribution in [0.2, 0.25) is 0 Å². The minimum absolute atomic E-state index is 0.401. The molecule has 0 fully saturated rings. The van der Waals surface area contributed by atoms with Crippen molar-refractivity contribution in [3.8, 4) is 17.2 Å². The number of para-hydroxylation sites is 1. The highest BCUT2D eigenvalue weighted by atomic mass is 16.5. The quantitative estimate of drug-likeness (QED) is 0.762. The molecule has 0 aliphatic carbocycles. The minimum Gasteiger partial charge on any atom is -0.493 e. The lowest BCUT2D eigenvalue weighted by Gasteiger charge is -2.15. The van der Waals surface area contributed by atoms with Gasteiger partial charge in [0.15, 0.2) is 0 Å². The molecular formula is C18H23NO2. The molecular weight excluding hydrogens is 262 g/mol. The Labute approximate surface area is 126 Å². The molecule has 0 radical (unpaired) electrons. The molecule has 0 aromatic heterocycles. The van der Waals surface area contributed by atoms with E-state index in [-0.39, 0.29) is 0 Å². The number of rotatable bonds is 6. The van der Waals surface area contributed by atoms with E-state index in [2.05, 4.69) is 26.8 Å². The van der Waals surface area contributed by atoms with E-state index < -0.39 is 0 Å². The molecule has 0 saturated heterocycles. The van der Waals surface area contributed by atoms with Crippen LogP contribution in [0.25, 0.3) is 0 Å². The summed E-state index contributed by atoms with van der Waals surface area (Å²) in [6.07, 6.45) is 0.959. The maximum atomic E-state index is 6.01. The van der Waals surface area contributed by atoms with Crippen LogP contribution in [-0.2, 0) is 0 Å². The Morgan fingerprint density at radius 3 is 2.48 bits per heavy atom. The molecule has 2 aromatic carbocycles. The first kappa shape index (κ1) is 15.2. The summed E-state index contributed by atoms with van der Waals surface area (Å²) in [7, 11) is 0. The van der Waals surface area contributed by atoms with Crippen molar-refractivity contribution in [2.75, 3.05) is 12.3 Å². The lowest BCUT2D eigenvalue weighted by Crippen LogP contribution is -1.98. The zero-order valence-corrected chi connectivity index (χ0v) is 12.9. The van der Waals surface area contributed by atoms with E-state index in [9.17, 15) is 0 Å². The normalized spacial score (nSPS) is 10.7. The second-order valence-corrected chi connectivity index (χ2v) is 5.38. The lowest BCUT2D eigenvalue weighted by molar-refractivity contribution is 0.316. The van der Waals surface area contributed by atoms with Crippen LogP contribution in [0.4, 0.5) is 5.69 Å². The van der Waals surface area contributed by atoms with Crippen molar-refractivity contribution in [1.29, 1.82) is 0 Å². The van der Waals surface area contributed by atoms with Crippen LogP contribution in [0, 0.1) is 0 Å². The minimum atomic E-state index is 0.401. The van der Waals surface area contributed by atoms with Crippen LogP contribution in [-0.4, -0.2) is 6.61 Å². The van der Waals surface area contributed by atoms with Crippen LogP contribution < -0.4 is 15.2 Å². The van der Waals surface area contributed by atoms with Crippen LogP contribution in [0.5, 0.6) is 17.2 Å². The van der Waals surface area contributed by atoms with Gasteiger partial charge in [-0.1, -0.05) is 39.0 Å². The molecule has 0 aliphatic heterocycles. The average Bonchev–Trinajstić information content (AvgIpc) is 2.45. The highest BCUT2D eigenvalue weighted by molar-refractivity contribution is 5.52. The van der Waals surface area contributed by atoms with Gasteiger partial charge in [-0.15, -0.1) is 0 Å². The summed E-state index contributed by atoms with van der Waals surface area (Å²) < 4.78 is 11.6. The van der Waals surface area contributed by atoms with E-state index >= 15 is 0 Å². The summed E-state index contributed by atoms with van der Waals surface area (Å²) in [5.74, 6) is 2.71. The van der Waals surface area contributed by atoms with Gasteiger partial charge in [0.05, 0.1) is 6.61 Å². The molecule has 3 nitrogen and oxygen atoms in total. The van der Waals surface area contributed by atoms with Crippen LogP contribution in [0.15, 0.2) is 42.5 Å². The third-order valence-electron chi connectivity index (χ3n) is 3.14. The summed E-state index contributed by atoms with van der Waals surface area (Å²) in [6, 6.07) is 13.6. The van der Waals surface area contributed by atoms with E-state index in [1.807, 2.05) is 36.4 Å². The van der Waals surface area contributed by atoms with E-state index in [0.717, 1.165) is 17.9 Å². The standard InChI is InChI=1S/C18H23NO2/c1-4-9-20-15-10-14(19)11-16(12-15)21-18-8-6-5-7-17(18)13(2)3/h5-8,10-13H,4,9,19H2,1-3H3. The summed E-state index contributed by atoms with van der Waals surface area (Å²) in [4.78, 5) is 0. The molecule has 112 valence electrons. The van der Waals surface area contributed by atoms with Crippen molar-refractivity contribution < 1.29 is 9.47 Å².